The molecule has 4 nitrogen and oxygen atoms in total. The Labute approximate surface area is 174 Å². The number of H-pyrrole nitrogens is 1. The first-order valence-electron chi connectivity index (χ1n) is 8.31. The number of thiophene rings is 2. The first-order valence-corrected chi connectivity index (χ1v) is 10.8. The van der Waals surface area contributed by atoms with Gasteiger partial charge >= 0.3 is 0 Å². The van der Waals surface area contributed by atoms with Crippen LogP contribution in [0.25, 0.3) is 20.7 Å². The third kappa shape index (κ3) is 3.95. The fraction of sp³-hybridized carbons (Fsp3) is 0.158. The van der Waals surface area contributed by atoms with E-state index in [9.17, 15) is 4.79 Å². The van der Waals surface area contributed by atoms with Crippen LogP contribution >= 0.6 is 45.9 Å². The number of halogens is 2. The summed E-state index contributed by atoms with van der Waals surface area (Å²) in [6.45, 7) is 1.36. The van der Waals surface area contributed by atoms with Gasteiger partial charge in [-0.1, -0.05) is 35.3 Å². The number of fused-ring (bicyclic) bond motifs is 1. The van der Waals surface area contributed by atoms with E-state index in [1.54, 1.807) is 17.4 Å². The largest absolute Gasteiger partial charge is 0.327 e. The summed E-state index contributed by atoms with van der Waals surface area (Å²) in [5.74, 6) is 0.685. The molecule has 4 aromatic rings. The van der Waals surface area contributed by atoms with Crippen LogP contribution in [-0.2, 0) is 13.1 Å². The molecule has 0 aliphatic carbocycles. The van der Waals surface area contributed by atoms with Crippen LogP contribution in [0.1, 0.15) is 11.4 Å². The molecular formula is C19H16Cl2N3OS2+. The molecule has 0 aliphatic rings. The average molecular weight is 437 g/mol. The van der Waals surface area contributed by atoms with Gasteiger partial charge in [0.15, 0.2) is 5.82 Å². The Kier molecular flexibility index (Phi) is 5.34. The molecule has 27 heavy (non-hydrogen) atoms. The Morgan fingerprint density at radius 3 is 2.74 bits per heavy atom. The maximum absolute atomic E-state index is 12.7. The lowest BCUT2D eigenvalue weighted by Crippen LogP contribution is -3.06. The number of hydrogen-bond donors (Lipinski definition) is 2. The van der Waals surface area contributed by atoms with Crippen LogP contribution in [0.2, 0.25) is 10.0 Å². The second-order valence-corrected chi connectivity index (χ2v) is 9.00. The van der Waals surface area contributed by atoms with Crippen molar-refractivity contribution in [1.29, 1.82) is 0 Å². The first kappa shape index (κ1) is 18.7. The maximum atomic E-state index is 12.7. The lowest BCUT2D eigenvalue weighted by atomic mass is 10.2. The Balaban J connectivity index is 1.57. The zero-order valence-electron chi connectivity index (χ0n) is 14.4. The molecule has 0 aliphatic heterocycles. The van der Waals surface area contributed by atoms with Crippen LogP contribution in [0.3, 0.4) is 0 Å². The molecule has 0 fully saturated rings. The molecule has 0 spiro atoms. The Morgan fingerprint density at radius 1 is 1.15 bits per heavy atom. The summed E-state index contributed by atoms with van der Waals surface area (Å²) in [4.78, 5) is 23.4. The van der Waals surface area contributed by atoms with Crippen LogP contribution in [0.15, 0.2) is 45.9 Å². The van der Waals surface area contributed by atoms with Gasteiger partial charge in [-0.05, 0) is 23.6 Å². The molecule has 0 radical (unpaired) electrons. The van der Waals surface area contributed by atoms with E-state index in [-0.39, 0.29) is 5.56 Å². The first-order chi connectivity index (χ1) is 13.0. The fourth-order valence-electron chi connectivity index (χ4n) is 3.04. The van der Waals surface area contributed by atoms with E-state index >= 15 is 0 Å². The molecule has 0 saturated heterocycles. The van der Waals surface area contributed by atoms with Gasteiger partial charge in [-0.2, -0.15) is 0 Å². The molecular weight excluding hydrogens is 421 g/mol. The van der Waals surface area contributed by atoms with Gasteiger partial charge in [-0.25, -0.2) is 4.98 Å². The number of rotatable bonds is 5. The number of benzene rings is 1. The van der Waals surface area contributed by atoms with Crippen LogP contribution in [-0.4, -0.2) is 17.0 Å². The number of aromatic amines is 1. The van der Waals surface area contributed by atoms with Crippen molar-refractivity contribution in [2.75, 3.05) is 7.05 Å². The monoisotopic (exact) mass is 436 g/mol. The van der Waals surface area contributed by atoms with Crippen molar-refractivity contribution in [3.8, 4) is 10.4 Å². The highest BCUT2D eigenvalue weighted by Crippen LogP contribution is 2.33. The standard InChI is InChI=1S/C19H15Cl2N3OS2/c1-24(8-11-4-5-13(20)14(21)7-11)9-16-22-18(25)17-12(10-27-19(17)23-16)15-3-2-6-26-15/h2-7,10H,8-9H2,1H3,(H,22,23,25)/p+1. The third-order valence-electron chi connectivity index (χ3n) is 4.24. The molecule has 8 heteroatoms. The van der Waals surface area contributed by atoms with Crippen molar-refractivity contribution in [2.24, 2.45) is 0 Å². The summed E-state index contributed by atoms with van der Waals surface area (Å²) in [5.41, 5.74) is 1.96. The smallest absolute Gasteiger partial charge is 0.260 e. The zero-order valence-corrected chi connectivity index (χ0v) is 17.5. The van der Waals surface area contributed by atoms with Gasteiger partial charge in [0.25, 0.3) is 5.56 Å². The lowest BCUT2D eigenvalue weighted by Gasteiger charge is -2.14. The van der Waals surface area contributed by atoms with Crippen LogP contribution in [0.5, 0.6) is 0 Å². The predicted octanol–water partition coefficient (Wildman–Crippen LogP) is 4.23. The Morgan fingerprint density at radius 2 is 2.00 bits per heavy atom. The molecule has 4 rings (SSSR count). The van der Waals surface area contributed by atoms with Crippen molar-refractivity contribution in [3.05, 3.63) is 72.9 Å². The van der Waals surface area contributed by atoms with Gasteiger partial charge in [-0.15, -0.1) is 22.7 Å². The average Bonchev–Trinajstić information content (AvgIpc) is 3.27. The molecule has 1 unspecified atom stereocenters. The van der Waals surface area contributed by atoms with Gasteiger partial charge in [0.05, 0.1) is 22.5 Å². The van der Waals surface area contributed by atoms with Crippen molar-refractivity contribution < 1.29 is 4.90 Å². The maximum Gasteiger partial charge on any atom is 0.260 e. The van der Waals surface area contributed by atoms with Crippen LogP contribution in [0.4, 0.5) is 0 Å². The normalized spacial score (nSPS) is 12.6. The summed E-state index contributed by atoms with van der Waals surface area (Å²) in [5, 5.41) is 5.79. The van der Waals surface area contributed by atoms with Crippen LogP contribution < -0.4 is 10.5 Å². The number of aromatic nitrogens is 2. The Hall–Kier alpha value is -1.70. The number of quaternary nitrogens is 1. The van der Waals surface area contributed by atoms with Gasteiger partial charge < -0.3 is 9.88 Å². The minimum atomic E-state index is -0.0815. The predicted molar refractivity (Wildman–Crippen MR) is 114 cm³/mol. The second kappa shape index (κ2) is 7.73. The molecule has 1 atom stereocenters. The summed E-state index contributed by atoms with van der Waals surface area (Å²) >= 11 is 15.2. The van der Waals surface area contributed by atoms with Gasteiger partial charge in [0.1, 0.15) is 17.9 Å². The lowest BCUT2D eigenvalue weighted by molar-refractivity contribution is -0.908. The van der Waals surface area contributed by atoms with Crippen LogP contribution in [0, 0.1) is 0 Å². The van der Waals surface area contributed by atoms with Crippen molar-refractivity contribution in [3.63, 3.8) is 0 Å². The highest BCUT2D eigenvalue weighted by atomic mass is 35.5. The number of nitrogens with zero attached hydrogens (tertiary/aromatic N) is 1. The molecule has 3 aromatic heterocycles. The molecule has 2 N–H and O–H groups in total. The molecule has 0 saturated carbocycles. The van der Waals surface area contributed by atoms with E-state index in [0.717, 1.165) is 27.4 Å². The topological polar surface area (TPSA) is 50.2 Å². The van der Waals surface area contributed by atoms with E-state index in [1.165, 1.54) is 16.2 Å². The highest BCUT2D eigenvalue weighted by Gasteiger charge is 2.15. The third-order valence-corrected chi connectivity index (χ3v) is 6.75. The van der Waals surface area contributed by atoms with Crippen molar-refractivity contribution >= 4 is 56.1 Å². The van der Waals surface area contributed by atoms with E-state index in [2.05, 4.69) is 17.0 Å². The van der Waals surface area contributed by atoms with Crippen molar-refractivity contribution in [1.82, 2.24) is 9.97 Å². The number of hydrogen-bond acceptors (Lipinski definition) is 4. The van der Waals surface area contributed by atoms with E-state index in [4.69, 9.17) is 23.2 Å². The SMILES string of the molecule is C[NH+](Cc1ccc(Cl)c(Cl)c1)Cc1nc2scc(-c3cccs3)c2c(=O)[nH]1. The molecule has 138 valence electrons. The molecule has 0 bridgehead atoms. The minimum Gasteiger partial charge on any atom is -0.327 e. The van der Waals surface area contributed by atoms with E-state index in [0.29, 0.717) is 27.8 Å². The summed E-state index contributed by atoms with van der Waals surface area (Å²) in [6.07, 6.45) is 0. The zero-order chi connectivity index (χ0) is 19.0. The van der Waals surface area contributed by atoms with Gasteiger partial charge in [0, 0.05) is 21.4 Å². The summed E-state index contributed by atoms with van der Waals surface area (Å²) in [6, 6.07) is 9.65. The fourth-order valence-corrected chi connectivity index (χ4v) is 5.14. The highest BCUT2D eigenvalue weighted by molar-refractivity contribution is 7.18. The van der Waals surface area contributed by atoms with E-state index in [1.807, 2.05) is 35.0 Å². The van der Waals surface area contributed by atoms with Gasteiger partial charge in [-0.3, -0.25) is 4.79 Å². The second-order valence-electron chi connectivity index (χ2n) is 6.38. The van der Waals surface area contributed by atoms with E-state index < -0.39 is 0 Å². The summed E-state index contributed by atoms with van der Waals surface area (Å²) in [7, 11) is 2.05. The quantitative estimate of drug-likeness (QED) is 0.491. The minimum absolute atomic E-state index is 0.0815. The molecule has 3 heterocycles. The van der Waals surface area contributed by atoms with Crippen molar-refractivity contribution in [2.45, 2.75) is 13.1 Å². The molecule has 0 amide bonds. The molecule has 1 aromatic carbocycles. The van der Waals surface area contributed by atoms with Gasteiger partial charge in [0.2, 0.25) is 0 Å². The number of nitrogens with one attached hydrogen (secondary N) is 2. The summed E-state index contributed by atoms with van der Waals surface area (Å²) < 4.78 is 0. The Bertz CT molecular complexity index is 1150.